The van der Waals surface area contributed by atoms with E-state index < -0.39 is 0 Å². The predicted octanol–water partition coefficient (Wildman–Crippen LogP) is 2.81. The van der Waals surface area contributed by atoms with Gasteiger partial charge in [-0.3, -0.25) is 4.79 Å². The third kappa shape index (κ3) is 2.83. The van der Waals surface area contributed by atoms with Gasteiger partial charge in [0.15, 0.2) is 0 Å². The van der Waals surface area contributed by atoms with E-state index in [0.717, 1.165) is 12.1 Å². The predicted molar refractivity (Wildman–Crippen MR) is 83.8 cm³/mol. The van der Waals surface area contributed by atoms with Crippen molar-refractivity contribution < 1.29 is 9.32 Å². The summed E-state index contributed by atoms with van der Waals surface area (Å²) in [5.74, 6) is -0.127. The van der Waals surface area contributed by atoms with Crippen LogP contribution in [0, 0.1) is 13.8 Å². The zero-order chi connectivity index (χ0) is 15.5. The fourth-order valence-corrected chi connectivity index (χ4v) is 2.46. The van der Waals surface area contributed by atoms with Gasteiger partial charge in [0.1, 0.15) is 0 Å². The maximum atomic E-state index is 12.4. The molecule has 1 aromatic carbocycles. The molecule has 22 heavy (non-hydrogen) atoms. The molecular formula is C17H17N3O2. The van der Waals surface area contributed by atoms with E-state index in [1.807, 2.05) is 44.2 Å². The van der Waals surface area contributed by atoms with E-state index in [4.69, 9.17) is 4.52 Å². The van der Waals surface area contributed by atoms with Gasteiger partial charge in [0, 0.05) is 12.2 Å². The molecule has 5 heteroatoms. The second-order valence-corrected chi connectivity index (χ2v) is 5.25. The molecule has 3 rings (SSSR count). The minimum atomic E-state index is -0.127. The lowest BCUT2D eigenvalue weighted by Gasteiger charge is -2.07. The van der Waals surface area contributed by atoms with Crippen LogP contribution in [0.1, 0.15) is 27.3 Å². The van der Waals surface area contributed by atoms with Gasteiger partial charge in [-0.15, -0.1) is 0 Å². The molecule has 0 atom stereocenters. The summed E-state index contributed by atoms with van der Waals surface area (Å²) in [5, 5.41) is 7.52. The zero-order valence-corrected chi connectivity index (χ0v) is 12.6. The number of pyridine rings is 1. The Hall–Kier alpha value is -2.69. The van der Waals surface area contributed by atoms with Crippen LogP contribution in [0.5, 0.6) is 0 Å². The van der Waals surface area contributed by atoms with Crippen molar-refractivity contribution in [2.24, 2.45) is 0 Å². The highest BCUT2D eigenvalue weighted by Gasteiger charge is 2.17. The lowest BCUT2D eigenvalue weighted by molar-refractivity contribution is 0.0955. The first-order valence-corrected chi connectivity index (χ1v) is 7.21. The van der Waals surface area contributed by atoms with Crippen LogP contribution in [0.25, 0.3) is 11.1 Å². The van der Waals surface area contributed by atoms with Crippen molar-refractivity contribution in [3.63, 3.8) is 0 Å². The van der Waals surface area contributed by atoms with Crippen LogP contribution in [-0.2, 0) is 6.42 Å². The Morgan fingerprint density at radius 1 is 1.23 bits per heavy atom. The Morgan fingerprint density at radius 2 is 2.00 bits per heavy atom. The molecule has 0 spiro atoms. The maximum Gasteiger partial charge on any atom is 0.258 e. The number of nitrogens with one attached hydrogen (secondary N) is 1. The van der Waals surface area contributed by atoms with E-state index in [-0.39, 0.29) is 5.91 Å². The van der Waals surface area contributed by atoms with Crippen molar-refractivity contribution in [3.05, 3.63) is 58.9 Å². The normalized spacial score (nSPS) is 10.8. The molecule has 0 aliphatic heterocycles. The van der Waals surface area contributed by atoms with Crippen molar-refractivity contribution in [1.29, 1.82) is 0 Å². The first kappa shape index (κ1) is 14.3. The van der Waals surface area contributed by atoms with Gasteiger partial charge in [-0.25, -0.2) is 4.98 Å². The van der Waals surface area contributed by atoms with Crippen LogP contribution in [0.15, 0.2) is 40.9 Å². The van der Waals surface area contributed by atoms with Crippen LogP contribution in [0.4, 0.5) is 0 Å². The molecule has 0 saturated heterocycles. The molecule has 3 aromatic rings. The van der Waals surface area contributed by atoms with Gasteiger partial charge in [-0.2, -0.15) is 0 Å². The fraction of sp³-hybridized carbons (Fsp3) is 0.235. The van der Waals surface area contributed by atoms with Crippen molar-refractivity contribution in [3.8, 4) is 0 Å². The van der Waals surface area contributed by atoms with Crippen molar-refractivity contribution in [1.82, 2.24) is 15.5 Å². The van der Waals surface area contributed by atoms with Gasteiger partial charge in [-0.1, -0.05) is 35.5 Å². The first-order chi connectivity index (χ1) is 10.6. The molecule has 0 saturated carbocycles. The lowest BCUT2D eigenvalue weighted by atomic mass is 10.1. The van der Waals surface area contributed by atoms with Gasteiger partial charge in [0.05, 0.1) is 16.6 Å². The zero-order valence-electron chi connectivity index (χ0n) is 12.6. The summed E-state index contributed by atoms with van der Waals surface area (Å²) in [5.41, 5.74) is 3.58. The molecule has 0 radical (unpaired) electrons. The number of rotatable bonds is 4. The highest BCUT2D eigenvalue weighted by Crippen LogP contribution is 2.21. The van der Waals surface area contributed by atoms with Crippen molar-refractivity contribution in [2.45, 2.75) is 20.3 Å². The Bertz CT molecular complexity index is 809. The average Bonchev–Trinajstić information content (AvgIpc) is 2.88. The molecule has 0 bridgehead atoms. The van der Waals surface area contributed by atoms with E-state index in [1.54, 1.807) is 6.07 Å². The van der Waals surface area contributed by atoms with Gasteiger partial charge < -0.3 is 9.84 Å². The number of aryl methyl sites for hydroxylation is 2. The van der Waals surface area contributed by atoms with Crippen LogP contribution in [0.3, 0.4) is 0 Å². The molecule has 0 fully saturated rings. The number of hydrogen-bond donors (Lipinski definition) is 1. The van der Waals surface area contributed by atoms with Gasteiger partial charge in [-0.05, 0) is 31.9 Å². The molecule has 0 unspecified atom stereocenters. The number of nitrogens with zero attached hydrogens (tertiary/aromatic N) is 2. The molecule has 5 nitrogen and oxygen atoms in total. The SMILES string of the molecule is Cc1cc(C(=O)NCCc2ccccc2)c2c(C)noc2n1. The van der Waals surface area contributed by atoms with Crippen LogP contribution >= 0.6 is 0 Å². The molecule has 1 amide bonds. The third-order valence-corrected chi connectivity index (χ3v) is 3.53. The summed E-state index contributed by atoms with van der Waals surface area (Å²) in [6, 6.07) is 11.8. The summed E-state index contributed by atoms with van der Waals surface area (Å²) in [6.45, 7) is 4.22. The Labute approximate surface area is 128 Å². The standard InChI is InChI=1S/C17H17N3O2/c1-11-10-14(15-12(2)20-22-17(15)19-11)16(21)18-9-8-13-6-4-3-5-7-13/h3-7,10H,8-9H2,1-2H3,(H,18,21). The number of aromatic nitrogens is 2. The first-order valence-electron chi connectivity index (χ1n) is 7.21. The quantitative estimate of drug-likeness (QED) is 0.803. The molecule has 2 heterocycles. The van der Waals surface area contributed by atoms with E-state index >= 15 is 0 Å². The molecule has 112 valence electrons. The monoisotopic (exact) mass is 295 g/mol. The summed E-state index contributed by atoms with van der Waals surface area (Å²) in [7, 11) is 0. The summed E-state index contributed by atoms with van der Waals surface area (Å²) < 4.78 is 5.15. The van der Waals surface area contributed by atoms with E-state index in [2.05, 4.69) is 15.5 Å². The number of carbonyl (C=O) groups excluding carboxylic acids is 1. The van der Waals surface area contributed by atoms with Crippen molar-refractivity contribution >= 4 is 17.0 Å². The van der Waals surface area contributed by atoms with Gasteiger partial charge in [0.2, 0.25) is 0 Å². The number of carbonyl (C=O) groups is 1. The van der Waals surface area contributed by atoms with E-state index in [9.17, 15) is 4.79 Å². The minimum Gasteiger partial charge on any atom is -0.352 e. The summed E-state index contributed by atoms with van der Waals surface area (Å²) >= 11 is 0. The fourth-order valence-electron chi connectivity index (χ4n) is 2.46. The van der Waals surface area contributed by atoms with Crippen LogP contribution in [0.2, 0.25) is 0 Å². The number of amides is 1. The van der Waals surface area contributed by atoms with Crippen molar-refractivity contribution in [2.75, 3.05) is 6.54 Å². The number of benzene rings is 1. The highest BCUT2D eigenvalue weighted by atomic mass is 16.5. The Morgan fingerprint density at radius 3 is 2.77 bits per heavy atom. The molecule has 1 N–H and O–H groups in total. The van der Waals surface area contributed by atoms with Gasteiger partial charge >= 0.3 is 0 Å². The lowest BCUT2D eigenvalue weighted by Crippen LogP contribution is -2.26. The number of fused-ring (bicyclic) bond motifs is 1. The van der Waals surface area contributed by atoms with Crippen LogP contribution < -0.4 is 5.32 Å². The molecule has 0 aliphatic rings. The second kappa shape index (κ2) is 5.97. The third-order valence-electron chi connectivity index (χ3n) is 3.53. The second-order valence-electron chi connectivity index (χ2n) is 5.25. The maximum absolute atomic E-state index is 12.4. The molecule has 0 aliphatic carbocycles. The topological polar surface area (TPSA) is 68.0 Å². The smallest absolute Gasteiger partial charge is 0.258 e. The van der Waals surface area contributed by atoms with E-state index in [0.29, 0.717) is 28.9 Å². The molecule has 2 aromatic heterocycles. The van der Waals surface area contributed by atoms with Gasteiger partial charge in [0.25, 0.3) is 11.6 Å². The highest BCUT2D eigenvalue weighted by molar-refractivity contribution is 6.06. The van der Waals surface area contributed by atoms with E-state index in [1.165, 1.54) is 5.56 Å². The Kier molecular flexibility index (Phi) is 3.87. The Balaban J connectivity index is 1.76. The van der Waals surface area contributed by atoms with Crippen LogP contribution in [-0.4, -0.2) is 22.6 Å². The number of hydrogen-bond acceptors (Lipinski definition) is 4. The molecular weight excluding hydrogens is 278 g/mol. The largest absolute Gasteiger partial charge is 0.352 e. The minimum absolute atomic E-state index is 0.127. The summed E-state index contributed by atoms with van der Waals surface area (Å²) in [4.78, 5) is 16.7. The average molecular weight is 295 g/mol. The summed E-state index contributed by atoms with van der Waals surface area (Å²) in [6.07, 6.45) is 0.794.